The fourth-order valence-electron chi connectivity index (χ4n) is 1.64. The van der Waals surface area contributed by atoms with Crippen LogP contribution in [0.2, 0.25) is 0 Å². The summed E-state index contributed by atoms with van der Waals surface area (Å²) in [6, 6.07) is -0.310. The van der Waals surface area contributed by atoms with Crippen LogP contribution in [0, 0.1) is 0 Å². The van der Waals surface area contributed by atoms with E-state index in [-0.39, 0.29) is 17.9 Å². The Balaban J connectivity index is 2.40. The smallest absolute Gasteiger partial charge is 0.242 e. The number of amides is 2. The molecule has 1 N–H and O–H groups in total. The Morgan fingerprint density at radius 1 is 1.60 bits per heavy atom. The molecule has 1 saturated heterocycles. The molecule has 1 heterocycles. The minimum atomic E-state index is -0.310. The van der Waals surface area contributed by atoms with Gasteiger partial charge < -0.3 is 10.2 Å². The van der Waals surface area contributed by atoms with Crippen molar-refractivity contribution in [2.75, 3.05) is 18.4 Å². The average Bonchev–Trinajstić information content (AvgIpc) is 2.22. The Morgan fingerprint density at radius 2 is 2.33 bits per heavy atom. The molecule has 1 aliphatic rings. The van der Waals surface area contributed by atoms with Crippen molar-refractivity contribution in [3.8, 4) is 0 Å². The second-order valence-corrected chi connectivity index (χ2v) is 4.49. The largest absolute Gasteiger partial charge is 0.353 e. The summed E-state index contributed by atoms with van der Waals surface area (Å²) in [6.45, 7) is 2.99. The third-order valence-corrected chi connectivity index (χ3v) is 3.15. The number of carbonyl (C=O) groups is 2. The van der Waals surface area contributed by atoms with Gasteiger partial charge in [-0.1, -0.05) is 15.9 Å². The van der Waals surface area contributed by atoms with Crippen LogP contribution in [0.25, 0.3) is 0 Å². The van der Waals surface area contributed by atoms with Crippen molar-refractivity contribution < 1.29 is 9.59 Å². The molecule has 1 unspecified atom stereocenters. The van der Waals surface area contributed by atoms with E-state index < -0.39 is 0 Å². The molecule has 1 fully saturated rings. The standard InChI is InChI=1S/C10H17BrN2O2/c1-8-10(15)12-6-7-13(8)9(14)4-2-3-5-11/h8H,2-7H2,1H3,(H,12,15). The van der Waals surface area contributed by atoms with Crippen LogP contribution in [-0.2, 0) is 9.59 Å². The fraction of sp³-hybridized carbons (Fsp3) is 0.800. The molecule has 1 rings (SSSR count). The topological polar surface area (TPSA) is 49.4 Å². The zero-order chi connectivity index (χ0) is 11.3. The lowest BCUT2D eigenvalue weighted by atomic mass is 10.1. The molecule has 0 bridgehead atoms. The molecule has 5 heteroatoms. The molecule has 1 aliphatic heterocycles. The Bertz CT molecular complexity index is 246. The highest BCUT2D eigenvalue weighted by atomic mass is 79.9. The zero-order valence-electron chi connectivity index (χ0n) is 8.96. The number of hydrogen-bond donors (Lipinski definition) is 1. The van der Waals surface area contributed by atoms with E-state index in [4.69, 9.17) is 0 Å². The summed E-state index contributed by atoms with van der Waals surface area (Å²) < 4.78 is 0. The number of carbonyl (C=O) groups excluding carboxylic acids is 2. The average molecular weight is 277 g/mol. The Hall–Kier alpha value is -0.580. The van der Waals surface area contributed by atoms with Gasteiger partial charge in [0.2, 0.25) is 11.8 Å². The highest BCUT2D eigenvalue weighted by Gasteiger charge is 2.28. The highest BCUT2D eigenvalue weighted by Crippen LogP contribution is 2.09. The van der Waals surface area contributed by atoms with Gasteiger partial charge in [0, 0.05) is 24.8 Å². The van der Waals surface area contributed by atoms with Gasteiger partial charge in [-0.25, -0.2) is 0 Å². The minimum absolute atomic E-state index is 0.0462. The number of nitrogens with zero attached hydrogens (tertiary/aromatic N) is 1. The maximum atomic E-state index is 11.8. The van der Waals surface area contributed by atoms with Crippen LogP contribution < -0.4 is 5.32 Å². The molecule has 0 aromatic heterocycles. The van der Waals surface area contributed by atoms with Crippen LogP contribution in [0.4, 0.5) is 0 Å². The molecule has 2 amide bonds. The lowest BCUT2D eigenvalue weighted by Gasteiger charge is -2.32. The van der Waals surface area contributed by atoms with Crippen molar-refractivity contribution in [3.05, 3.63) is 0 Å². The van der Waals surface area contributed by atoms with Gasteiger partial charge in [-0.15, -0.1) is 0 Å². The van der Waals surface area contributed by atoms with Gasteiger partial charge in [0.1, 0.15) is 6.04 Å². The van der Waals surface area contributed by atoms with Crippen molar-refractivity contribution in [3.63, 3.8) is 0 Å². The number of nitrogens with one attached hydrogen (secondary N) is 1. The Labute approximate surface area is 98.5 Å². The fourth-order valence-corrected chi connectivity index (χ4v) is 2.03. The second-order valence-electron chi connectivity index (χ2n) is 3.70. The third kappa shape index (κ3) is 3.48. The van der Waals surface area contributed by atoms with E-state index in [1.807, 2.05) is 0 Å². The molecule has 86 valence electrons. The molecule has 1 atom stereocenters. The molecule has 4 nitrogen and oxygen atoms in total. The van der Waals surface area contributed by atoms with Gasteiger partial charge in [0.05, 0.1) is 0 Å². The molecule has 0 aliphatic carbocycles. The predicted molar refractivity (Wildman–Crippen MR) is 61.8 cm³/mol. The summed E-state index contributed by atoms with van der Waals surface area (Å²) in [7, 11) is 0. The molecule has 0 saturated carbocycles. The SMILES string of the molecule is CC1C(=O)NCCN1C(=O)CCCCBr. The van der Waals surface area contributed by atoms with Crippen molar-refractivity contribution in [1.82, 2.24) is 10.2 Å². The maximum absolute atomic E-state index is 11.8. The summed E-state index contributed by atoms with van der Waals surface area (Å²) in [6.07, 6.45) is 2.43. The van der Waals surface area contributed by atoms with Crippen LogP contribution in [0.3, 0.4) is 0 Å². The third-order valence-electron chi connectivity index (χ3n) is 2.59. The number of alkyl halides is 1. The molecule has 15 heavy (non-hydrogen) atoms. The number of rotatable bonds is 4. The lowest BCUT2D eigenvalue weighted by Crippen LogP contribution is -2.55. The van der Waals surface area contributed by atoms with Crippen LogP contribution in [0.1, 0.15) is 26.2 Å². The molecule has 0 radical (unpaired) electrons. The molecular formula is C10H17BrN2O2. The van der Waals surface area contributed by atoms with Crippen molar-refractivity contribution in [2.24, 2.45) is 0 Å². The van der Waals surface area contributed by atoms with Crippen molar-refractivity contribution in [1.29, 1.82) is 0 Å². The molecule has 0 spiro atoms. The van der Waals surface area contributed by atoms with E-state index in [1.54, 1.807) is 11.8 Å². The Kier molecular flexibility index (Phi) is 5.08. The predicted octanol–water partition coefficient (Wildman–Crippen LogP) is 0.898. The van der Waals surface area contributed by atoms with Crippen LogP contribution >= 0.6 is 15.9 Å². The van der Waals surface area contributed by atoms with E-state index in [1.165, 1.54) is 0 Å². The number of piperazine rings is 1. The number of hydrogen-bond acceptors (Lipinski definition) is 2. The van der Waals surface area contributed by atoms with Crippen molar-refractivity contribution >= 4 is 27.7 Å². The lowest BCUT2D eigenvalue weighted by molar-refractivity contribution is -0.142. The van der Waals surface area contributed by atoms with Gasteiger partial charge in [0.15, 0.2) is 0 Å². The summed E-state index contributed by atoms with van der Waals surface area (Å²) in [5.41, 5.74) is 0. The molecule has 0 aromatic carbocycles. The summed E-state index contributed by atoms with van der Waals surface area (Å²) >= 11 is 3.33. The first-order valence-corrected chi connectivity index (χ1v) is 6.42. The van der Waals surface area contributed by atoms with E-state index in [2.05, 4.69) is 21.2 Å². The van der Waals surface area contributed by atoms with Gasteiger partial charge in [-0.05, 0) is 19.8 Å². The summed E-state index contributed by atoms with van der Waals surface area (Å²) in [5.74, 6) is 0.0494. The molecule has 0 aromatic rings. The molecular weight excluding hydrogens is 260 g/mol. The van der Waals surface area contributed by atoms with E-state index >= 15 is 0 Å². The normalized spacial score (nSPS) is 21.3. The Morgan fingerprint density at radius 3 is 3.00 bits per heavy atom. The van der Waals surface area contributed by atoms with Crippen LogP contribution in [0.5, 0.6) is 0 Å². The first-order valence-electron chi connectivity index (χ1n) is 5.30. The van der Waals surface area contributed by atoms with Gasteiger partial charge >= 0.3 is 0 Å². The number of halogens is 1. The second kappa shape index (κ2) is 6.10. The number of unbranched alkanes of at least 4 members (excludes halogenated alkanes) is 1. The first-order chi connectivity index (χ1) is 7.16. The minimum Gasteiger partial charge on any atom is -0.353 e. The van der Waals surface area contributed by atoms with Crippen molar-refractivity contribution in [2.45, 2.75) is 32.2 Å². The highest BCUT2D eigenvalue weighted by molar-refractivity contribution is 9.09. The zero-order valence-corrected chi connectivity index (χ0v) is 10.5. The maximum Gasteiger partial charge on any atom is 0.242 e. The van der Waals surface area contributed by atoms with Gasteiger partial charge in [-0.3, -0.25) is 9.59 Å². The summed E-state index contributed by atoms with van der Waals surface area (Å²) in [5, 5.41) is 3.67. The quantitative estimate of drug-likeness (QED) is 0.613. The summed E-state index contributed by atoms with van der Waals surface area (Å²) in [4.78, 5) is 24.8. The van der Waals surface area contributed by atoms with Crippen LogP contribution in [0.15, 0.2) is 0 Å². The van der Waals surface area contributed by atoms with E-state index in [0.29, 0.717) is 19.5 Å². The first kappa shape index (κ1) is 12.5. The van der Waals surface area contributed by atoms with E-state index in [0.717, 1.165) is 18.2 Å². The van der Waals surface area contributed by atoms with Gasteiger partial charge in [0.25, 0.3) is 0 Å². The van der Waals surface area contributed by atoms with Crippen LogP contribution in [-0.4, -0.2) is 41.2 Å². The van der Waals surface area contributed by atoms with E-state index in [9.17, 15) is 9.59 Å². The monoisotopic (exact) mass is 276 g/mol. The van der Waals surface area contributed by atoms with Gasteiger partial charge in [-0.2, -0.15) is 0 Å².